The monoisotopic (exact) mass is 298 g/mol. The Morgan fingerprint density at radius 1 is 0.870 bits per heavy atom. The van der Waals surface area contributed by atoms with Gasteiger partial charge in [-0.15, -0.1) is 0 Å². The van der Waals surface area contributed by atoms with Crippen LogP contribution in [0.15, 0.2) is 54.6 Å². The third kappa shape index (κ3) is 1.44. The fraction of sp³-hybridized carbons (Fsp3) is 0.190. The fourth-order valence-electron chi connectivity index (χ4n) is 4.21. The van der Waals surface area contributed by atoms with Crippen LogP contribution in [0.25, 0.3) is 10.8 Å². The summed E-state index contributed by atoms with van der Waals surface area (Å²) in [7, 11) is 2.07. The minimum absolute atomic E-state index is 0.0368. The topological polar surface area (TPSA) is 6.02 Å². The van der Waals surface area contributed by atoms with Gasteiger partial charge in [0.25, 0.3) is 5.69 Å². The zero-order chi connectivity index (χ0) is 15.8. The van der Waals surface area contributed by atoms with Gasteiger partial charge in [0.05, 0.1) is 0 Å². The molecule has 110 valence electrons. The number of nitrogens with zero attached hydrogens (tertiary/aromatic N) is 2. The van der Waals surface area contributed by atoms with Gasteiger partial charge < -0.3 is 0 Å². The Kier molecular flexibility index (Phi) is 2.22. The van der Waals surface area contributed by atoms with E-state index in [0.29, 0.717) is 0 Å². The molecule has 0 N–H and O–H groups in total. The van der Waals surface area contributed by atoms with Gasteiger partial charge in [0, 0.05) is 28.7 Å². The second kappa shape index (κ2) is 3.98. The van der Waals surface area contributed by atoms with Gasteiger partial charge in [-0.25, -0.2) is 0 Å². The lowest BCUT2D eigenvalue weighted by molar-refractivity contribution is -0.394. The van der Waals surface area contributed by atoms with Crippen LogP contribution in [0.5, 0.6) is 0 Å². The quantitative estimate of drug-likeness (QED) is 0.527. The Morgan fingerprint density at radius 2 is 1.70 bits per heavy atom. The largest absolute Gasteiger partial charge is 0.496 e. The molecule has 3 aromatic rings. The van der Waals surface area contributed by atoms with Crippen LogP contribution in [0.2, 0.25) is 0 Å². The van der Waals surface area contributed by atoms with Gasteiger partial charge in [0.2, 0.25) is 5.69 Å². The summed E-state index contributed by atoms with van der Waals surface area (Å²) in [5.74, 6) is 0. The molecule has 0 fully saturated rings. The second-order valence-corrected chi connectivity index (χ2v) is 6.97. The van der Waals surface area contributed by atoms with Crippen molar-refractivity contribution in [3.8, 4) is 0 Å². The van der Waals surface area contributed by atoms with Crippen molar-refractivity contribution in [1.82, 2.24) is 4.58 Å². The van der Waals surface area contributed by atoms with Crippen LogP contribution in [0.4, 0.5) is 17.1 Å². The van der Waals surface area contributed by atoms with Crippen LogP contribution < -0.4 is 4.58 Å². The number of para-hydroxylation sites is 1. The molecule has 0 radical (unpaired) electrons. The fourth-order valence-corrected chi connectivity index (χ4v) is 4.21. The van der Waals surface area contributed by atoms with Crippen LogP contribution >= 0.6 is 0 Å². The van der Waals surface area contributed by atoms with Gasteiger partial charge in [-0.2, -0.15) is 0 Å². The number of rotatable bonds is 0. The molecule has 2 nitrogen and oxygen atoms in total. The Labute approximate surface area is 135 Å². The first kappa shape index (κ1) is 12.8. The van der Waals surface area contributed by atoms with Gasteiger partial charge >= 0.3 is 11.7 Å². The predicted octanol–water partition coefficient (Wildman–Crippen LogP) is 4.78. The Balaban J connectivity index is 2.02. The van der Waals surface area contributed by atoms with Gasteiger partial charge in [-0.1, -0.05) is 54.8 Å². The first-order valence-corrected chi connectivity index (χ1v) is 8.05. The van der Waals surface area contributed by atoms with E-state index in [1.54, 1.807) is 0 Å². The first-order valence-electron chi connectivity index (χ1n) is 8.05. The molecule has 23 heavy (non-hydrogen) atoms. The maximum absolute atomic E-state index is 3.49. The van der Waals surface area contributed by atoms with E-state index >= 15 is 0 Å². The molecule has 3 aromatic carbocycles. The zero-order valence-electron chi connectivity index (χ0n) is 13.6. The minimum atomic E-state index is -0.0368. The highest BCUT2D eigenvalue weighted by molar-refractivity contribution is 5.95. The molecule has 0 bridgehead atoms. The van der Waals surface area contributed by atoms with Crippen LogP contribution in [0, 0.1) is 0 Å². The molecule has 0 saturated carbocycles. The molecular weight excluding hydrogens is 280 g/mol. The minimum Gasteiger partial charge on any atom is -0.0893 e. The van der Waals surface area contributed by atoms with Gasteiger partial charge in [-0.3, -0.25) is 0 Å². The van der Waals surface area contributed by atoms with E-state index in [1.807, 2.05) is 0 Å². The van der Waals surface area contributed by atoms with Gasteiger partial charge in [-0.05, 0) is 21.4 Å². The molecule has 0 atom stereocenters. The number of hydrogen-bond acceptors (Lipinski definition) is 0. The average molecular weight is 298 g/mol. The molecule has 5 rings (SSSR count). The Hall–Kier alpha value is -2.70. The molecule has 2 aliphatic rings. The van der Waals surface area contributed by atoms with E-state index in [4.69, 9.17) is 0 Å². The highest BCUT2D eigenvalue weighted by Gasteiger charge is 2.48. The van der Waals surface area contributed by atoms with Crippen molar-refractivity contribution in [3.63, 3.8) is 0 Å². The van der Waals surface area contributed by atoms with Crippen molar-refractivity contribution in [1.29, 1.82) is 0 Å². The standard InChI is InChI=1S/C21H18N2/c1-21(2)16-9-6-10-18-20(16)23(13-22(18)3)17-12-11-14-7-4-5-8-15(14)19(17)21/h4-12H,1-3H3/q+2. The third-order valence-electron chi connectivity index (χ3n) is 5.30. The summed E-state index contributed by atoms with van der Waals surface area (Å²) in [6, 6.07) is 23.2. The zero-order valence-corrected chi connectivity index (χ0v) is 13.6. The number of benzene rings is 3. The van der Waals surface area contributed by atoms with Crippen LogP contribution in [-0.4, -0.2) is 17.6 Å². The maximum atomic E-state index is 3.49. The SMILES string of the molecule is C[N+]1=C=[N+]2c3ccc4ccccc4c3C(C)(C)c3cccc1c32. The molecule has 2 heterocycles. The van der Waals surface area contributed by atoms with E-state index in [2.05, 4.69) is 90.7 Å². The average Bonchev–Trinajstić information content (AvgIpc) is 2.90. The van der Waals surface area contributed by atoms with Crippen molar-refractivity contribution in [2.75, 3.05) is 7.05 Å². The normalized spacial score (nSPS) is 16.7. The van der Waals surface area contributed by atoms with Crippen molar-refractivity contribution >= 4 is 33.8 Å². The highest BCUT2D eigenvalue weighted by atomic mass is 15.2. The number of hydrogen-bond donors (Lipinski definition) is 0. The summed E-state index contributed by atoms with van der Waals surface area (Å²) in [5, 5.41) is 2.63. The van der Waals surface area contributed by atoms with Crippen LogP contribution in [0.1, 0.15) is 25.0 Å². The summed E-state index contributed by atoms with van der Waals surface area (Å²) in [4.78, 5) is 0. The molecule has 2 aliphatic heterocycles. The Bertz CT molecular complexity index is 1080. The molecule has 0 saturated heterocycles. The molecule has 0 aromatic heterocycles. The molecule has 2 heteroatoms. The summed E-state index contributed by atoms with van der Waals surface area (Å²) >= 11 is 0. The molecule has 0 aliphatic carbocycles. The van der Waals surface area contributed by atoms with Crippen molar-refractivity contribution in [3.05, 3.63) is 65.7 Å². The maximum Gasteiger partial charge on any atom is 0.496 e. The van der Waals surface area contributed by atoms with Crippen LogP contribution in [-0.2, 0) is 5.41 Å². The first-order chi connectivity index (χ1) is 11.1. The molecule has 0 amide bonds. The van der Waals surface area contributed by atoms with E-state index < -0.39 is 0 Å². The summed E-state index contributed by atoms with van der Waals surface area (Å²) in [5.41, 5.74) is 6.49. The van der Waals surface area contributed by atoms with Crippen molar-refractivity contribution < 1.29 is 4.58 Å². The smallest absolute Gasteiger partial charge is 0.0893 e. The predicted molar refractivity (Wildman–Crippen MR) is 94.8 cm³/mol. The van der Waals surface area contributed by atoms with Crippen LogP contribution in [0.3, 0.4) is 0 Å². The lowest BCUT2D eigenvalue weighted by Crippen LogP contribution is -2.28. The highest BCUT2D eigenvalue weighted by Crippen LogP contribution is 2.52. The number of fused-ring (bicyclic) bond motifs is 4. The Morgan fingerprint density at radius 3 is 2.57 bits per heavy atom. The van der Waals surface area contributed by atoms with E-state index in [9.17, 15) is 0 Å². The molecule has 0 unspecified atom stereocenters. The van der Waals surface area contributed by atoms with Gasteiger partial charge in [0.1, 0.15) is 0 Å². The van der Waals surface area contributed by atoms with Crippen molar-refractivity contribution in [2.24, 2.45) is 0 Å². The molecular formula is C21H18N2+2. The van der Waals surface area contributed by atoms with Crippen molar-refractivity contribution in [2.45, 2.75) is 19.3 Å². The summed E-state index contributed by atoms with van der Waals surface area (Å²) < 4.78 is 4.33. The van der Waals surface area contributed by atoms with E-state index in [-0.39, 0.29) is 5.41 Å². The van der Waals surface area contributed by atoms with E-state index in [1.165, 1.54) is 39.0 Å². The van der Waals surface area contributed by atoms with Gasteiger partial charge in [0.15, 0.2) is 7.05 Å². The summed E-state index contributed by atoms with van der Waals surface area (Å²) in [6.07, 6.45) is 0. The van der Waals surface area contributed by atoms with E-state index in [0.717, 1.165) is 0 Å². The second-order valence-electron chi connectivity index (χ2n) is 6.97. The third-order valence-corrected chi connectivity index (χ3v) is 5.30. The summed E-state index contributed by atoms with van der Waals surface area (Å²) in [6.45, 7) is 4.67. The lowest BCUT2D eigenvalue weighted by Gasteiger charge is -2.30. The lowest BCUT2D eigenvalue weighted by atomic mass is 9.72. The molecule has 0 spiro atoms.